The van der Waals surface area contributed by atoms with E-state index in [1.54, 1.807) is 6.20 Å². The van der Waals surface area contributed by atoms with Gasteiger partial charge in [-0.1, -0.05) is 20.3 Å². The number of nitrogens with zero attached hydrogens (tertiary/aromatic N) is 1. The second kappa shape index (κ2) is 5.12. The highest BCUT2D eigenvalue weighted by Crippen LogP contribution is 2.22. The van der Waals surface area contributed by atoms with Gasteiger partial charge >= 0.3 is 0 Å². The van der Waals surface area contributed by atoms with Gasteiger partial charge in [-0.2, -0.15) is 0 Å². The maximum atomic E-state index is 5.57. The second-order valence-corrected chi connectivity index (χ2v) is 4.33. The van der Waals surface area contributed by atoms with E-state index in [-0.39, 0.29) is 0 Å². The van der Waals surface area contributed by atoms with Crippen molar-refractivity contribution in [2.75, 3.05) is 11.5 Å². The van der Waals surface area contributed by atoms with Gasteiger partial charge in [0.1, 0.15) is 5.82 Å². The third-order valence-electron chi connectivity index (χ3n) is 1.98. The van der Waals surface area contributed by atoms with Gasteiger partial charge in [0.25, 0.3) is 0 Å². The molecule has 2 nitrogen and oxygen atoms in total. The Morgan fingerprint density at radius 1 is 1.62 bits per heavy atom. The van der Waals surface area contributed by atoms with Crippen LogP contribution in [0.25, 0.3) is 0 Å². The van der Waals surface area contributed by atoms with Crippen LogP contribution in [-0.4, -0.2) is 10.7 Å². The van der Waals surface area contributed by atoms with Gasteiger partial charge in [-0.3, -0.25) is 0 Å². The molecule has 0 aliphatic carbocycles. The van der Waals surface area contributed by atoms with Gasteiger partial charge in [0.05, 0.1) is 0 Å². The van der Waals surface area contributed by atoms with Crippen LogP contribution in [0.2, 0.25) is 0 Å². The fraction of sp³-hybridized carbons (Fsp3) is 0.500. The first-order valence-corrected chi connectivity index (χ1v) is 5.55. The average Bonchev–Trinajstić information content (AvgIpc) is 2.14. The van der Waals surface area contributed by atoms with Crippen molar-refractivity contribution in [3.05, 3.63) is 18.3 Å². The van der Waals surface area contributed by atoms with E-state index in [4.69, 9.17) is 5.73 Å². The lowest BCUT2D eigenvalue weighted by Gasteiger charge is -2.07. The summed E-state index contributed by atoms with van der Waals surface area (Å²) in [5.74, 6) is 2.52. The summed E-state index contributed by atoms with van der Waals surface area (Å²) in [6.07, 6.45) is 2.99. The van der Waals surface area contributed by atoms with E-state index >= 15 is 0 Å². The molecule has 1 aromatic heterocycles. The molecule has 0 saturated carbocycles. The second-order valence-electron chi connectivity index (χ2n) is 3.24. The largest absolute Gasteiger partial charge is 0.384 e. The summed E-state index contributed by atoms with van der Waals surface area (Å²) in [6.45, 7) is 4.48. The summed E-state index contributed by atoms with van der Waals surface area (Å²) < 4.78 is 0. The highest BCUT2D eigenvalue weighted by Gasteiger charge is 2.00. The lowest BCUT2D eigenvalue weighted by molar-refractivity contribution is 0.637. The molecule has 0 fully saturated rings. The van der Waals surface area contributed by atoms with Gasteiger partial charge in [0.2, 0.25) is 0 Å². The number of hydrogen-bond donors (Lipinski definition) is 1. The Morgan fingerprint density at radius 3 is 3.00 bits per heavy atom. The minimum atomic E-state index is 0.606. The van der Waals surface area contributed by atoms with Crippen molar-refractivity contribution in [3.63, 3.8) is 0 Å². The quantitative estimate of drug-likeness (QED) is 0.753. The predicted octanol–water partition coefficient (Wildman–Crippen LogP) is 2.80. The van der Waals surface area contributed by atoms with E-state index < -0.39 is 0 Å². The van der Waals surface area contributed by atoms with E-state index in [1.807, 2.05) is 23.9 Å². The van der Waals surface area contributed by atoms with Crippen LogP contribution in [-0.2, 0) is 0 Å². The Balaban J connectivity index is 2.45. The number of rotatable bonds is 4. The third-order valence-corrected chi connectivity index (χ3v) is 3.31. The molecule has 0 aliphatic heterocycles. The fourth-order valence-corrected chi connectivity index (χ4v) is 1.95. The molecule has 13 heavy (non-hydrogen) atoms. The molecule has 1 unspecified atom stereocenters. The molecule has 0 aliphatic rings. The number of hydrogen-bond acceptors (Lipinski definition) is 3. The molecule has 0 aromatic carbocycles. The van der Waals surface area contributed by atoms with Crippen LogP contribution < -0.4 is 5.73 Å². The fourth-order valence-electron chi connectivity index (χ4n) is 0.874. The zero-order valence-corrected chi connectivity index (χ0v) is 8.97. The first-order chi connectivity index (χ1) is 6.22. The number of pyridine rings is 1. The number of aromatic nitrogens is 1. The first kappa shape index (κ1) is 10.4. The normalized spacial score (nSPS) is 12.8. The summed E-state index contributed by atoms with van der Waals surface area (Å²) in [6, 6.07) is 3.93. The Bertz CT molecular complexity index is 263. The molecule has 2 N–H and O–H groups in total. The smallest absolute Gasteiger partial charge is 0.124 e. The minimum absolute atomic E-state index is 0.606. The Hall–Kier alpha value is -0.700. The zero-order valence-electron chi connectivity index (χ0n) is 8.16. The van der Waals surface area contributed by atoms with Crippen LogP contribution in [0, 0.1) is 5.92 Å². The molecule has 0 radical (unpaired) electrons. The summed E-state index contributed by atoms with van der Waals surface area (Å²) in [4.78, 5) is 5.17. The monoisotopic (exact) mass is 196 g/mol. The minimum Gasteiger partial charge on any atom is -0.384 e. The van der Waals surface area contributed by atoms with Crippen molar-refractivity contribution in [1.82, 2.24) is 4.98 Å². The van der Waals surface area contributed by atoms with Gasteiger partial charge in [-0.05, 0) is 18.1 Å². The van der Waals surface area contributed by atoms with Gasteiger partial charge in [-0.25, -0.2) is 4.98 Å². The van der Waals surface area contributed by atoms with E-state index in [0.29, 0.717) is 5.82 Å². The molecule has 3 heteroatoms. The SMILES string of the molecule is CCC(C)CSc1ccnc(N)c1. The van der Waals surface area contributed by atoms with Crippen molar-refractivity contribution in [3.8, 4) is 0 Å². The van der Waals surface area contributed by atoms with Gasteiger partial charge < -0.3 is 5.73 Å². The van der Waals surface area contributed by atoms with E-state index in [9.17, 15) is 0 Å². The zero-order chi connectivity index (χ0) is 9.68. The number of nitrogen functional groups attached to an aromatic ring is 1. The van der Waals surface area contributed by atoms with Crippen LogP contribution in [0.5, 0.6) is 0 Å². The van der Waals surface area contributed by atoms with Crippen LogP contribution in [0.1, 0.15) is 20.3 Å². The lowest BCUT2D eigenvalue weighted by Crippen LogP contribution is -1.95. The maximum Gasteiger partial charge on any atom is 0.124 e. The van der Waals surface area contributed by atoms with Gasteiger partial charge in [0, 0.05) is 16.8 Å². The van der Waals surface area contributed by atoms with Crippen LogP contribution in [0.3, 0.4) is 0 Å². The Kier molecular flexibility index (Phi) is 4.09. The van der Waals surface area contributed by atoms with Crippen LogP contribution >= 0.6 is 11.8 Å². The van der Waals surface area contributed by atoms with E-state index in [1.165, 1.54) is 11.3 Å². The van der Waals surface area contributed by atoms with Gasteiger partial charge in [-0.15, -0.1) is 11.8 Å². The maximum absolute atomic E-state index is 5.57. The molecule has 1 aromatic rings. The van der Waals surface area contributed by atoms with Gasteiger partial charge in [0.15, 0.2) is 0 Å². The Labute approximate surface area is 83.9 Å². The molecule has 0 amide bonds. The molecule has 0 spiro atoms. The van der Waals surface area contributed by atoms with Crippen LogP contribution in [0.4, 0.5) is 5.82 Å². The molecule has 1 heterocycles. The highest BCUT2D eigenvalue weighted by atomic mass is 32.2. The van der Waals surface area contributed by atoms with Crippen molar-refractivity contribution in [2.45, 2.75) is 25.2 Å². The average molecular weight is 196 g/mol. The topological polar surface area (TPSA) is 38.9 Å². The molecule has 0 bridgehead atoms. The summed E-state index contributed by atoms with van der Waals surface area (Å²) in [5.41, 5.74) is 5.57. The number of thioether (sulfide) groups is 1. The van der Waals surface area contributed by atoms with E-state index in [0.717, 1.165) is 11.7 Å². The van der Waals surface area contributed by atoms with Crippen molar-refractivity contribution >= 4 is 17.6 Å². The van der Waals surface area contributed by atoms with E-state index in [2.05, 4.69) is 18.8 Å². The van der Waals surface area contributed by atoms with Crippen LogP contribution in [0.15, 0.2) is 23.2 Å². The lowest BCUT2D eigenvalue weighted by atomic mass is 10.2. The molecule has 1 atom stereocenters. The molecule has 72 valence electrons. The number of anilines is 1. The highest BCUT2D eigenvalue weighted by molar-refractivity contribution is 7.99. The van der Waals surface area contributed by atoms with Crippen molar-refractivity contribution in [1.29, 1.82) is 0 Å². The number of nitrogens with two attached hydrogens (primary N) is 1. The molecular formula is C10H16N2S. The first-order valence-electron chi connectivity index (χ1n) is 4.56. The third kappa shape index (κ3) is 3.68. The summed E-state index contributed by atoms with van der Waals surface area (Å²) in [7, 11) is 0. The van der Waals surface area contributed by atoms with Crippen molar-refractivity contribution < 1.29 is 0 Å². The predicted molar refractivity (Wildman–Crippen MR) is 58.8 cm³/mol. The standard InChI is InChI=1S/C10H16N2S/c1-3-8(2)7-13-9-4-5-12-10(11)6-9/h4-6,8H,3,7H2,1-2H3,(H2,11,12). The summed E-state index contributed by atoms with van der Waals surface area (Å²) in [5, 5.41) is 0. The van der Waals surface area contributed by atoms with Crippen molar-refractivity contribution in [2.24, 2.45) is 5.92 Å². The molecule has 0 saturated heterocycles. The summed E-state index contributed by atoms with van der Waals surface area (Å²) >= 11 is 1.85. The molecule has 1 rings (SSSR count). The Morgan fingerprint density at radius 2 is 2.38 bits per heavy atom. The molecular weight excluding hydrogens is 180 g/mol.